The lowest BCUT2D eigenvalue weighted by molar-refractivity contribution is 0.118. The number of fused-ring (bicyclic) bond motifs is 1. The van der Waals surface area contributed by atoms with Gasteiger partial charge in [-0.1, -0.05) is 0 Å². The number of nitrogens with two attached hydrogens (primary N) is 1. The molecule has 3 N–H and O–H groups in total. The molecular weight excluding hydrogens is 174 g/mol. The zero-order chi connectivity index (χ0) is 9.26. The molecule has 70 valence electrons. The van der Waals surface area contributed by atoms with E-state index in [2.05, 4.69) is 4.84 Å². The summed E-state index contributed by atoms with van der Waals surface area (Å²) in [5.74, 6) is 6.12. The topological polar surface area (TPSA) is 73.9 Å². The van der Waals surface area contributed by atoms with Crippen molar-refractivity contribution in [3.8, 4) is 17.2 Å². The maximum absolute atomic E-state index is 9.43. The molecule has 0 saturated carbocycles. The summed E-state index contributed by atoms with van der Waals surface area (Å²) < 4.78 is 10.3. The van der Waals surface area contributed by atoms with Crippen LogP contribution in [0.25, 0.3) is 0 Å². The molecule has 1 heterocycles. The summed E-state index contributed by atoms with van der Waals surface area (Å²) in [7, 11) is 0. The number of phenols is 1. The minimum atomic E-state index is 0.0923. The van der Waals surface area contributed by atoms with Crippen LogP contribution in [-0.4, -0.2) is 11.9 Å². The molecule has 0 unspecified atom stereocenters. The van der Waals surface area contributed by atoms with Crippen LogP contribution in [0.2, 0.25) is 0 Å². The zero-order valence-electron chi connectivity index (χ0n) is 6.82. The number of hydrogen-bond donors (Lipinski definition) is 2. The second kappa shape index (κ2) is 3.12. The third-order valence-electron chi connectivity index (χ3n) is 1.85. The molecule has 0 bridgehead atoms. The largest absolute Gasteiger partial charge is 0.507 e. The lowest BCUT2D eigenvalue weighted by Crippen LogP contribution is -2.01. The molecule has 5 nitrogen and oxygen atoms in total. The van der Waals surface area contributed by atoms with E-state index in [1.165, 1.54) is 6.07 Å². The fourth-order valence-corrected chi connectivity index (χ4v) is 1.24. The monoisotopic (exact) mass is 183 g/mol. The quantitative estimate of drug-likeness (QED) is 0.653. The van der Waals surface area contributed by atoms with Crippen molar-refractivity contribution in [2.24, 2.45) is 5.90 Å². The van der Waals surface area contributed by atoms with Crippen LogP contribution in [0.4, 0.5) is 0 Å². The summed E-state index contributed by atoms with van der Waals surface area (Å²) in [5.41, 5.74) is 0.512. The second-order valence-corrected chi connectivity index (χ2v) is 2.61. The molecule has 13 heavy (non-hydrogen) atoms. The van der Waals surface area contributed by atoms with Crippen molar-refractivity contribution in [1.29, 1.82) is 0 Å². The van der Waals surface area contributed by atoms with Crippen molar-refractivity contribution in [2.45, 2.75) is 6.61 Å². The Morgan fingerprint density at radius 1 is 1.46 bits per heavy atom. The van der Waals surface area contributed by atoms with Gasteiger partial charge in [0.1, 0.15) is 12.4 Å². The molecule has 0 saturated heterocycles. The molecular formula is C8H9NO4. The van der Waals surface area contributed by atoms with Crippen molar-refractivity contribution < 1.29 is 19.4 Å². The standard InChI is InChI=1S/C8H9NO4/c9-13-3-5-6(10)1-2-7-8(5)12-4-11-7/h1-2,10H,3-4,9H2. The molecule has 0 spiro atoms. The summed E-state index contributed by atoms with van der Waals surface area (Å²) >= 11 is 0. The molecule has 0 aromatic heterocycles. The normalized spacial score (nSPS) is 13.3. The lowest BCUT2D eigenvalue weighted by Gasteiger charge is -2.05. The van der Waals surface area contributed by atoms with Crippen LogP contribution in [0.15, 0.2) is 12.1 Å². The predicted molar refractivity (Wildman–Crippen MR) is 43.2 cm³/mol. The molecule has 1 aromatic rings. The molecule has 0 atom stereocenters. The first kappa shape index (κ1) is 8.15. The average Bonchev–Trinajstić information content (AvgIpc) is 2.58. The third kappa shape index (κ3) is 1.28. The van der Waals surface area contributed by atoms with Gasteiger partial charge < -0.3 is 14.6 Å². The first-order chi connectivity index (χ1) is 6.33. The highest BCUT2D eigenvalue weighted by Crippen LogP contribution is 2.40. The predicted octanol–water partition coefficient (Wildman–Crippen LogP) is 0.511. The summed E-state index contributed by atoms with van der Waals surface area (Å²) in [4.78, 5) is 4.44. The Balaban J connectivity index is 2.45. The smallest absolute Gasteiger partial charge is 0.231 e. The number of phenolic OH excluding ortho intramolecular Hbond substituents is 1. The van der Waals surface area contributed by atoms with E-state index in [0.29, 0.717) is 17.1 Å². The van der Waals surface area contributed by atoms with Gasteiger partial charge in [0.15, 0.2) is 11.5 Å². The Kier molecular flexibility index (Phi) is 1.96. The number of rotatable bonds is 2. The maximum atomic E-state index is 9.43. The summed E-state index contributed by atoms with van der Waals surface area (Å²) in [5, 5.41) is 9.43. The fourth-order valence-electron chi connectivity index (χ4n) is 1.24. The Hall–Kier alpha value is -1.46. The van der Waals surface area contributed by atoms with E-state index in [-0.39, 0.29) is 19.1 Å². The van der Waals surface area contributed by atoms with Crippen molar-refractivity contribution in [3.05, 3.63) is 17.7 Å². The van der Waals surface area contributed by atoms with Crippen molar-refractivity contribution >= 4 is 0 Å². The molecule has 0 fully saturated rings. The van der Waals surface area contributed by atoms with E-state index in [0.717, 1.165) is 0 Å². The highest BCUT2D eigenvalue weighted by atomic mass is 16.7. The van der Waals surface area contributed by atoms with Crippen molar-refractivity contribution in [3.63, 3.8) is 0 Å². The molecule has 0 aliphatic carbocycles. The first-order valence-corrected chi connectivity index (χ1v) is 3.75. The van der Waals surface area contributed by atoms with Crippen LogP contribution in [0.5, 0.6) is 17.2 Å². The molecule has 1 aliphatic rings. The molecule has 2 rings (SSSR count). The Morgan fingerprint density at radius 2 is 2.31 bits per heavy atom. The Bertz CT molecular complexity index is 326. The third-order valence-corrected chi connectivity index (χ3v) is 1.85. The van der Waals surface area contributed by atoms with E-state index in [9.17, 15) is 5.11 Å². The van der Waals surface area contributed by atoms with Crippen molar-refractivity contribution in [2.75, 3.05) is 6.79 Å². The van der Waals surface area contributed by atoms with Gasteiger partial charge in [-0.2, -0.15) is 0 Å². The molecule has 5 heteroatoms. The zero-order valence-corrected chi connectivity index (χ0v) is 6.82. The van der Waals surface area contributed by atoms with Gasteiger partial charge in [0.05, 0.1) is 5.56 Å². The Labute approximate surface area is 74.6 Å². The van der Waals surface area contributed by atoms with E-state index in [1.54, 1.807) is 6.07 Å². The van der Waals surface area contributed by atoms with Gasteiger partial charge in [0.2, 0.25) is 6.79 Å². The van der Waals surface area contributed by atoms with E-state index in [1.807, 2.05) is 0 Å². The van der Waals surface area contributed by atoms with Crippen LogP contribution in [-0.2, 0) is 11.4 Å². The van der Waals surface area contributed by atoms with E-state index in [4.69, 9.17) is 15.4 Å². The van der Waals surface area contributed by atoms with Crippen LogP contribution >= 0.6 is 0 Å². The number of ether oxygens (including phenoxy) is 2. The summed E-state index contributed by atoms with van der Waals surface area (Å²) in [6, 6.07) is 3.15. The lowest BCUT2D eigenvalue weighted by atomic mass is 10.2. The van der Waals surface area contributed by atoms with Crippen LogP contribution in [0, 0.1) is 0 Å². The average molecular weight is 183 g/mol. The highest BCUT2D eigenvalue weighted by molar-refractivity contribution is 5.54. The number of hydrogen-bond acceptors (Lipinski definition) is 5. The highest BCUT2D eigenvalue weighted by Gasteiger charge is 2.20. The van der Waals surface area contributed by atoms with Gasteiger partial charge >= 0.3 is 0 Å². The summed E-state index contributed by atoms with van der Waals surface area (Å²) in [6.07, 6.45) is 0. The van der Waals surface area contributed by atoms with Gasteiger partial charge in [0, 0.05) is 0 Å². The fraction of sp³-hybridized carbons (Fsp3) is 0.250. The van der Waals surface area contributed by atoms with Gasteiger partial charge in [-0.3, -0.25) is 4.84 Å². The first-order valence-electron chi connectivity index (χ1n) is 3.75. The maximum Gasteiger partial charge on any atom is 0.231 e. The van der Waals surface area contributed by atoms with E-state index < -0.39 is 0 Å². The minimum Gasteiger partial charge on any atom is -0.507 e. The van der Waals surface area contributed by atoms with Gasteiger partial charge in [-0.05, 0) is 12.1 Å². The SMILES string of the molecule is NOCc1c(O)ccc2c1OCO2. The number of benzene rings is 1. The van der Waals surface area contributed by atoms with Crippen molar-refractivity contribution in [1.82, 2.24) is 0 Å². The van der Waals surface area contributed by atoms with Gasteiger partial charge in [0.25, 0.3) is 0 Å². The Morgan fingerprint density at radius 3 is 3.08 bits per heavy atom. The molecule has 0 amide bonds. The van der Waals surface area contributed by atoms with Crippen LogP contribution < -0.4 is 15.4 Å². The molecule has 0 radical (unpaired) electrons. The molecule has 1 aliphatic heterocycles. The van der Waals surface area contributed by atoms with Gasteiger partial charge in [-0.15, -0.1) is 0 Å². The molecule has 1 aromatic carbocycles. The van der Waals surface area contributed by atoms with Gasteiger partial charge in [-0.25, -0.2) is 5.90 Å². The van der Waals surface area contributed by atoms with Crippen LogP contribution in [0.1, 0.15) is 5.56 Å². The number of aromatic hydroxyl groups is 1. The van der Waals surface area contributed by atoms with E-state index >= 15 is 0 Å². The minimum absolute atomic E-state index is 0.0923. The van der Waals surface area contributed by atoms with Crippen LogP contribution in [0.3, 0.4) is 0 Å². The summed E-state index contributed by atoms with van der Waals surface area (Å²) in [6.45, 7) is 0.259. The second-order valence-electron chi connectivity index (χ2n) is 2.61.